The smallest absolute Gasteiger partial charge is 0.234 e. The van der Waals surface area contributed by atoms with Gasteiger partial charge >= 0.3 is 0 Å². The van der Waals surface area contributed by atoms with E-state index in [2.05, 4.69) is 36.5 Å². The highest BCUT2D eigenvalue weighted by Gasteiger charge is 2.13. The van der Waals surface area contributed by atoms with Crippen LogP contribution in [0.5, 0.6) is 11.5 Å². The molecule has 0 bridgehead atoms. The second kappa shape index (κ2) is 9.36. The highest BCUT2D eigenvalue weighted by Crippen LogP contribution is 2.31. The maximum absolute atomic E-state index is 12.3. The van der Waals surface area contributed by atoms with E-state index < -0.39 is 0 Å². The molecule has 1 amide bonds. The number of anilines is 1. The van der Waals surface area contributed by atoms with Gasteiger partial charge < -0.3 is 14.8 Å². The highest BCUT2D eigenvalue weighted by atomic mass is 79.9. The van der Waals surface area contributed by atoms with Crippen molar-refractivity contribution >= 4 is 44.9 Å². The van der Waals surface area contributed by atoms with Gasteiger partial charge in [0.2, 0.25) is 11.1 Å². The molecule has 2 aromatic carbocycles. The first-order chi connectivity index (χ1) is 15.1. The van der Waals surface area contributed by atoms with E-state index in [0.29, 0.717) is 22.3 Å². The van der Waals surface area contributed by atoms with Gasteiger partial charge in [-0.2, -0.15) is 9.61 Å². The molecule has 0 spiro atoms. The zero-order chi connectivity index (χ0) is 21.8. The van der Waals surface area contributed by atoms with Crippen LogP contribution in [0, 0.1) is 0 Å². The van der Waals surface area contributed by atoms with E-state index in [4.69, 9.17) is 9.47 Å². The van der Waals surface area contributed by atoms with Gasteiger partial charge in [0.15, 0.2) is 17.1 Å². The van der Waals surface area contributed by atoms with E-state index in [1.807, 2.05) is 54.6 Å². The Bertz CT molecular complexity index is 1230. The van der Waals surface area contributed by atoms with Crippen LogP contribution in [0.15, 0.2) is 64.2 Å². The number of methoxy groups -OCH3 is 2. The highest BCUT2D eigenvalue weighted by molar-refractivity contribution is 9.10. The number of ether oxygens (including phenoxy) is 2. The molecule has 0 aliphatic rings. The van der Waals surface area contributed by atoms with Crippen molar-refractivity contribution < 1.29 is 14.3 Å². The zero-order valence-corrected chi connectivity index (χ0v) is 19.1. The Balaban J connectivity index is 1.52. The van der Waals surface area contributed by atoms with Gasteiger partial charge in [-0.25, -0.2) is 0 Å². The topological polar surface area (TPSA) is 90.6 Å². The molecule has 8 nitrogen and oxygen atoms in total. The summed E-state index contributed by atoms with van der Waals surface area (Å²) in [7, 11) is 3.18. The first kappa shape index (κ1) is 21.1. The number of nitrogens with zero attached hydrogens (tertiary/aromatic N) is 4. The van der Waals surface area contributed by atoms with Crippen LogP contribution in [0.2, 0.25) is 0 Å². The number of aromatic nitrogens is 4. The predicted molar refractivity (Wildman–Crippen MR) is 123 cm³/mol. The molecule has 2 heterocycles. The molecule has 0 atom stereocenters. The number of benzene rings is 2. The Morgan fingerprint density at radius 1 is 1.03 bits per heavy atom. The fraction of sp³-hybridized carbons (Fsp3) is 0.143. The van der Waals surface area contributed by atoms with Crippen LogP contribution < -0.4 is 14.8 Å². The molecule has 0 fully saturated rings. The Morgan fingerprint density at radius 3 is 2.55 bits per heavy atom. The van der Waals surface area contributed by atoms with E-state index in [9.17, 15) is 4.79 Å². The van der Waals surface area contributed by atoms with Gasteiger partial charge in [-0.15, -0.1) is 10.2 Å². The number of rotatable bonds is 7. The van der Waals surface area contributed by atoms with E-state index in [0.717, 1.165) is 21.4 Å². The second-order valence-corrected chi connectivity index (χ2v) is 8.24. The van der Waals surface area contributed by atoms with E-state index in [-0.39, 0.29) is 11.7 Å². The van der Waals surface area contributed by atoms with Crippen LogP contribution in [0.1, 0.15) is 0 Å². The lowest BCUT2D eigenvalue weighted by Gasteiger charge is -2.09. The monoisotopic (exact) mass is 499 g/mol. The van der Waals surface area contributed by atoms with Crippen molar-refractivity contribution in [3.63, 3.8) is 0 Å². The summed E-state index contributed by atoms with van der Waals surface area (Å²) in [6, 6.07) is 16.7. The van der Waals surface area contributed by atoms with E-state index in [1.54, 1.807) is 18.7 Å². The first-order valence-electron chi connectivity index (χ1n) is 9.20. The van der Waals surface area contributed by atoms with Crippen LogP contribution in [0.25, 0.3) is 16.9 Å². The van der Waals surface area contributed by atoms with Gasteiger partial charge in [-0.3, -0.25) is 4.79 Å². The Morgan fingerprint density at radius 2 is 1.81 bits per heavy atom. The quantitative estimate of drug-likeness (QED) is 0.379. The van der Waals surface area contributed by atoms with Crippen molar-refractivity contribution in [1.29, 1.82) is 0 Å². The standard InChI is InChI=1S/C21H18BrN5O3S/c1-29-17-9-3-13(11-18(17)30-2)16-8-10-19-24-25-21(27(19)26-16)31-12-20(28)23-15-6-4-14(22)5-7-15/h3-11H,12H2,1-2H3,(H,23,28). The number of amides is 1. The molecule has 31 heavy (non-hydrogen) atoms. The molecule has 4 aromatic rings. The molecule has 1 N–H and O–H groups in total. The molecule has 2 aromatic heterocycles. The molecule has 0 radical (unpaired) electrons. The number of hydrogen-bond donors (Lipinski definition) is 1. The molecule has 0 saturated carbocycles. The van der Waals surface area contributed by atoms with Crippen LogP contribution in [-0.2, 0) is 4.79 Å². The molecular formula is C21H18BrN5O3S. The number of nitrogens with one attached hydrogen (secondary N) is 1. The van der Waals surface area contributed by atoms with Crippen molar-refractivity contribution in [2.75, 3.05) is 25.3 Å². The average molecular weight is 500 g/mol. The van der Waals surface area contributed by atoms with Crippen molar-refractivity contribution in [3.05, 3.63) is 59.1 Å². The Kier molecular flexibility index (Phi) is 6.38. The third-order valence-electron chi connectivity index (χ3n) is 4.37. The lowest BCUT2D eigenvalue weighted by molar-refractivity contribution is -0.113. The van der Waals surface area contributed by atoms with Crippen molar-refractivity contribution in [2.45, 2.75) is 5.16 Å². The third-order valence-corrected chi connectivity index (χ3v) is 5.82. The van der Waals surface area contributed by atoms with Gasteiger partial charge in [-0.1, -0.05) is 27.7 Å². The molecule has 4 rings (SSSR count). The van der Waals surface area contributed by atoms with E-state index >= 15 is 0 Å². The Hall–Kier alpha value is -3.11. The lowest BCUT2D eigenvalue weighted by atomic mass is 10.1. The van der Waals surface area contributed by atoms with Gasteiger partial charge in [0.25, 0.3) is 0 Å². The van der Waals surface area contributed by atoms with E-state index in [1.165, 1.54) is 11.8 Å². The first-order valence-corrected chi connectivity index (χ1v) is 11.0. The SMILES string of the molecule is COc1ccc(-c2ccc3nnc(SCC(=O)Nc4ccc(Br)cc4)n3n2)cc1OC. The molecule has 0 aliphatic heterocycles. The van der Waals surface area contributed by atoms with Gasteiger partial charge in [0.1, 0.15) is 0 Å². The van der Waals surface area contributed by atoms with Crippen LogP contribution >= 0.6 is 27.7 Å². The molecule has 10 heteroatoms. The summed E-state index contributed by atoms with van der Waals surface area (Å²) in [5, 5.41) is 16.3. The third kappa shape index (κ3) is 4.80. The summed E-state index contributed by atoms with van der Waals surface area (Å²) < 4.78 is 13.3. The predicted octanol–water partition coefficient (Wildman–Crippen LogP) is 4.30. The number of carbonyl (C=O) groups excluding carboxylic acids is 1. The maximum atomic E-state index is 12.3. The summed E-state index contributed by atoms with van der Waals surface area (Å²) in [4.78, 5) is 12.3. The normalized spacial score (nSPS) is 10.8. The Labute approximate surface area is 191 Å². The maximum Gasteiger partial charge on any atom is 0.234 e. The summed E-state index contributed by atoms with van der Waals surface area (Å²) in [6.45, 7) is 0. The summed E-state index contributed by atoms with van der Waals surface area (Å²) in [5.74, 6) is 1.30. The van der Waals surface area contributed by atoms with Crippen molar-refractivity contribution in [2.24, 2.45) is 0 Å². The van der Waals surface area contributed by atoms with Gasteiger partial charge in [-0.05, 0) is 54.6 Å². The summed E-state index contributed by atoms with van der Waals surface area (Å²) in [5.41, 5.74) is 2.90. The van der Waals surface area contributed by atoms with Crippen molar-refractivity contribution in [1.82, 2.24) is 19.8 Å². The lowest BCUT2D eigenvalue weighted by Crippen LogP contribution is -2.14. The molecule has 158 valence electrons. The summed E-state index contributed by atoms with van der Waals surface area (Å²) in [6.07, 6.45) is 0. The minimum Gasteiger partial charge on any atom is -0.493 e. The fourth-order valence-electron chi connectivity index (χ4n) is 2.87. The zero-order valence-electron chi connectivity index (χ0n) is 16.7. The average Bonchev–Trinajstić information content (AvgIpc) is 3.21. The fourth-order valence-corrected chi connectivity index (χ4v) is 3.82. The molecule has 0 unspecified atom stereocenters. The number of fused-ring (bicyclic) bond motifs is 1. The number of thioether (sulfide) groups is 1. The number of hydrogen-bond acceptors (Lipinski definition) is 7. The van der Waals surface area contributed by atoms with Crippen LogP contribution in [0.4, 0.5) is 5.69 Å². The largest absolute Gasteiger partial charge is 0.493 e. The minimum atomic E-state index is -0.139. The molecule has 0 saturated heterocycles. The van der Waals surface area contributed by atoms with Crippen LogP contribution in [0.3, 0.4) is 0 Å². The van der Waals surface area contributed by atoms with Gasteiger partial charge in [0.05, 0.1) is 25.7 Å². The van der Waals surface area contributed by atoms with Gasteiger partial charge in [0, 0.05) is 15.7 Å². The molecule has 0 aliphatic carbocycles. The summed E-state index contributed by atoms with van der Waals surface area (Å²) >= 11 is 4.64. The number of halogens is 1. The number of carbonyl (C=O) groups is 1. The minimum absolute atomic E-state index is 0.139. The van der Waals surface area contributed by atoms with Crippen molar-refractivity contribution in [3.8, 4) is 22.8 Å². The van der Waals surface area contributed by atoms with Crippen LogP contribution in [-0.4, -0.2) is 45.7 Å². The second-order valence-electron chi connectivity index (χ2n) is 6.38. The molecular weight excluding hydrogens is 482 g/mol.